The Kier molecular flexibility index (Phi) is 6.12. The van der Waals surface area contributed by atoms with Crippen LogP contribution in [-0.4, -0.2) is 22.0 Å². The summed E-state index contributed by atoms with van der Waals surface area (Å²) in [5, 5.41) is 13.8. The van der Waals surface area contributed by atoms with Crippen molar-refractivity contribution in [2.45, 2.75) is 33.6 Å². The Bertz CT molecular complexity index is 984. The van der Waals surface area contributed by atoms with Gasteiger partial charge in [0.1, 0.15) is 0 Å². The Morgan fingerprint density at radius 2 is 1.79 bits per heavy atom. The van der Waals surface area contributed by atoms with Crippen molar-refractivity contribution in [1.29, 1.82) is 0 Å². The molecule has 0 radical (unpaired) electrons. The maximum atomic E-state index is 12.8. The first-order chi connectivity index (χ1) is 13.2. The predicted octanol–water partition coefficient (Wildman–Crippen LogP) is 5.81. The maximum absolute atomic E-state index is 12.8. The molecule has 1 heterocycles. The number of thiazole rings is 1. The number of amides is 1. The van der Waals surface area contributed by atoms with E-state index in [1.54, 1.807) is 18.2 Å². The molecule has 1 aliphatic rings. The van der Waals surface area contributed by atoms with Crippen LogP contribution >= 0.6 is 34.5 Å². The van der Waals surface area contributed by atoms with Crippen molar-refractivity contribution in [3.8, 4) is 11.3 Å². The van der Waals surface area contributed by atoms with E-state index in [0.717, 1.165) is 21.6 Å². The number of benzene rings is 1. The third-order valence-corrected chi connectivity index (χ3v) is 6.57. The molecule has 0 saturated carbocycles. The molecule has 0 fully saturated rings. The normalized spacial score (nSPS) is 19.6. The van der Waals surface area contributed by atoms with Gasteiger partial charge in [0.25, 0.3) is 0 Å². The zero-order valence-electron chi connectivity index (χ0n) is 15.7. The summed E-state index contributed by atoms with van der Waals surface area (Å²) in [6, 6.07) is 5.17. The maximum Gasteiger partial charge on any atom is 0.307 e. The first-order valence-electron chi connectivity index (χ1n) is 8.79. The van der Waals surface area contributed by atoms with E-state index < -0.39 is 17.8 Å². The number of nitrogens with zero attached hydrogens (tertiary/aromatic N) is 1. The number of carboxylic acids is 1. The van der Waals surface area contributed by atoms with Crippen LogP contribution < -0.4 is 5.32 Å². The van der Waals surface area contributed by atoms with Crippen molar-refractivity contribution >= 4 is 51.5 Å². The second-order valence-corrected chi connectivity index (χ2v) is 9.10. The molecule has 1 amide bonds. The molecule has 0 spiro atoms. The van der Waals surface area contributed by atoms with E-state index in [4.69, 9.17) is 23.2 Å². The van der Waals surface area contributed by atoms with Crippen LogP contribution in [0, 0.1) is 18.8 Å². The molecular weight excluding hydrogens is 419 g/mol. The first kappa shape index (κ1) is 20.8. The molecule has 3 rings (SSSR count). The first-order valence-corrected chi connectivity index (χ1v) is 10.4. The molecule has 28 heavy (non-hydrogen) atoms. The van der Waals surface area contributed by atoms with Gasteiger partial charge >= 0.3 is 5.97 Å². The molecule has 0 aliphatic heterocycles. The molecule has 2 atom stereocenters. The average molecular weight is 439 g/mol. The zero-order valence-corrected chi connectivity index (χ0v) is 18.0. The van der Waals surface area contributed by atoms with Crippen molar-refractivity contribution in [2.24, 2.45) is 11.8 Å². The molecule has 1 aromatic heterocycles. The van der Waals surface area contributed by atoms with Crippen LogP contribution in [0.25, 0.3) is 11.3 Å². The second kappa shape index (κ2) is 8.23. The van der Waals surface area contributed by atoms with E-state index in [9.17, 15) is 14.7 Å². The summed E-state index contributed by atoms with van der Waals surface area (Å²) in [5.41, 5.74) is 3.52. The van der Waals surface area contributed by atoms with Gasteiger partial charge in [-0.1, -0.05) is 34.3 Å². The van der Waals surface area contributed by atoms with Gasteiger partial charge in [0.2, 0.25) is 5.91 Å². The molecule has 1 aromatic carbocycles. The smallest absolute Gasteiger partial charge is 0.307 e. The van der Waals surface area contributed by atoms with E-state index >= 15 is 0 Å². The molecule has 2 aromatic rings. The van der Waals surface area contributed by atoms with Gasteiger partial charge < -0.3 is 10.4 Å². The number of anilines is 1. The minimum absolute atomic E-state index is 0.318. The number of carbonyl (C=O) groups is 2. The Hall–Kier alpha value is -1.89. The number of halogens is 2. The van der Waals surface area contributed by atoms with Crippen LogP contribution in [0.3, 0.4) is 0 Å². The Labute approximate surface area is 177 Å². The van der Waals surface area contributed by atoms with Gasteiger partial charge in [-0.25, -0.2) is 4.98 Å². The minimum atomic E-state index is -0.948. The molecular formula is C20H20Cl2N2O3S. The standard InChI is InChI=1S/C20H20Cl2N2O3S/c1-9-6-14(15(19(26)27)7-10(9)2)18(25)24-20-23-17(11(3)28-20)13-5-4-12(21)8-16(13)22/h4-5,8,14-15H,6-7H2,1-3H3,(H,26,27)(H,23,24,25)/t14-,15+/m1/s1. The quantitative estimate of drug-likeness (QED) is 0.589. The van der Waals surface area contributed by atoms with Gasteiger partial charge in [0.05, 0.1) is 22.6 Å². The van der Waals surface area contributed by atoms with Crippen molar-refractivity contribution in [1.82, 2.24) is 4.98 Å². The Morgan fingerprint density at radius 3 is 2.39 bits per heavy atom. The number of aliphatic carboxylic acids is 1. The fourth-order valence-corrected chi connectivity index (χ4v) is 4.74. The average Bonchev–Trinajstić information content (AvgIpc) is 2.96. The number of aromatic nitrogens is 1. The highest BCUT2D eigenvalue weighted by molar-refractivity contribution is 7.16. The highest BCUT2D eigenvalue weighted by atomic mass is 35.5. The number of hydrogen-bond donors (Lipinski definition) is 2. The van der Waals surface area contributed by atoms with E-state index in [2.05, 4.69) is 10.3 Å². The summed E-state index contributed by atoms with van der Waals surface area (Å²) in [4.78, 5) is 29.9. The molecule has 8 heteroatoms. The molecule has 2 N–H and O–H groups in total. The largest absolute Gasteiger partial charge is 0.481 e. The lowest BCUT2D eigenvalue weighted by atomic mass is 9.76. The number of carboxylic acid groups (broad SMARTS) is 1. The molecule has 148 valence electrons. The number of hydrogen-bond acceptors (Lipinski definition) is 4. The van der Waals surface area contributed by atoms with E-state index in [1.807, 2.05) is 20.8 Å². The fraction of sp³-hybridized carbons (Fsp3) is 0.350. The molecule has 0 saturated heterocycles. The lowest BCUT2D eigenvalue weighted by molar-refractivity contribution is -0.146. The van der Waals surface area contributed by atoms with Gasteiger partial charge in [-0.15, -0.1) is 11.3 Å². The summed E-state index contributed by atoms with van der Waals surface area (Å²) in [6.45, 7) is 5.76. The molecule has 1 aliphatic carbocycles. The van der Waals surface area contributed by atoms with Crippen LogP contribution in [0.2, 0.25) is 10.0 Å². The SMILES string of the molecule is CC1=C(C)C[C@@H](C(=O)Nc2nc(-c3ccc(Cl)cc3Cl)c(C)s2)[C@@H](C(=O)O)C1. The molecule has 0 unspecified atom stereocenters. The monoisotopic (exact) mass is 438 g/mol. The van der Waals surface area contributed by atoms with Gasteiger partial charge in [-0.05, 0) is 51.8 Å². The predicted molar refractivity (Wildman–Crippen MR) is 113 cm³/mol. The van der Waals surface area contributed by atoms with E-state index in [0.29, 0.717) is 33.7 Å². The van der Waals surface area contributed by atoms with E-state index in [1.165, 1.54) is 11.3 Å². The second-order valence-electron chi connectivity index (χ2n) is 7.06. The summed E-state index contributed by atoms with van der Waals surface area (Å²) in [7, 11) is 0. The van der Waals surface area contributed by atoms with Crippen LogP contribution in [0.1, 0.15) is 31.6 Å². The molecule has 5 nitrogen and oxygen atoms in total. The van der Waals surface area contributed by atoms with Crippen molar-refractivity contribution in [2.75, 3.05) is 5.32 Å². The van der Waals surface area contributed by atoms with Gasteiger partial charge in [-0.3, -0.25) is 9.59 Å². The summed E-state index contributed by atoms with van der Waals surface area (Å²) < 4.78 is 0. The number of nitrogens with one attached hydrogen (secondary N) is 1. The number of carbonyl (C=O) groups excluding carboxylic acids is 1. The summed E-state index contributed by atoms with van der Waals surface area (Å²) in [5.74, 6) is -2.61. The lowest BCUT2D eigenvalue weighted by Gasteiger charge is -2.29. The molecule has 0 bridgehead atoms. The Morgan fingerprint density at radius 1 is 1.14 bits per heavy atom. The van der Waals surface area contributed by atoms with Crippen molar-refractivity contribution in [3.63, 3.8) is 0 Å². The van der Waals surface area contributed by atoms with Gasteiger partial charge in [0.15, 0.2) is 5.13 Å². The highest BCUT2D eigenvalue weighted by Gasteiger charge is 2.37. The number of aryl methyl sites for hydroxylation is 1. The zero-order chi connectivity index (χ0) is 20.6. The van der Waals surface area contributed by atoms with E-state index in [-0.39, 0.29) is 5.91 Å². The lowest BCUT2D eigenvalue weighted by Crippen LogP contribution is -2.36. The minimum Gasteiger partial charge on any atom is -0.481 e. The highest BCUT2D eigenvalue weighted by Crippen LogP contribution is 2.38. The van der Waals surface area contributed by atoms with Crippen molar-refractivity contribution < 1.29 is 14.7 Å². The van der Waals surface area contributed by atoms with Crippen LogP contribution in [0.4, 0.5) is 5.13 Å². The van der Waals surface area contributed by atoms with Crippen LogP contribution in [0.15, 0.2) is 29.3 Å². The Balaban J connectivity index is 1.84. The summed E-state index contributed by atoms with van der Waals surface area (Å²) >= 11 is 13.6. The third kappa shape index (κ3) is 4.24. The van der Waals surface area contributed by atoms with Crippen LogP contribution in [0.5, 0.6) is 0 Å². The van der Waals surface area contributed by atoms with Gasteiger partial charge in [0, 0.05) is 15.5 Å². The topological polar surface area (TPSA) is 79.3 Å². The van der Waals surface area contributed by atoms with Crippen LogP contribution in [-0.2, 0) is 9.59 Å². The fourth-order valence-electron chi connectivity index (χ4n) is 3.41. The summed E-state index contributed by atoms with van der Waals surface area (Å²) in [6.07, 6.45) is 0.830. The third-order valence-electron chi connectivity index (χ3n) is 5.13. The van der Waals surface area contributed by atoms with Crippen molar-refractivity contribution in [3.05, 3.63) is 44.3 Å². The number of rotatable bonds is 4. The number of allylic oxidation sites excluding steroid dienone is 2. The van der Waals surface area contributed by atoms with Gasteiger partial charge in [-0.2, -0.15) is 0 Å².